The number of rotatable bonds is 6. The molecule has 0 atom stereocenters. The van der Waals surface area contributed by atoms with E-state index in [1.54, 1.807) is 30.6 Å². The Balaban J connectivity index is 1.15. The monoisotopic (exact) mass is 504 g/mol. The number of hydrogen-bond acceptors (Lipinski definition) is 6. The number of benzene rings is 2. The second-order valence-corrected chi connectivity index (χ2v) is 9.12. The van der Waals surface area contributed by atoms with Crippen molar-refractivity contribution in [2.24, 2.45) is 0 Å². The topological polar surface area (TPSA) is 79.8 Å². The van der Waals surface area contributed by atoms with E-state index in [1.165, 1.54) is 24.3 Å². The van der Waals surface area contributed by atoms with Crippen LogP contribution in [-0.4, -0.2) is 44.9 Å². The Morgan fingerprint density at radius 2 is 1.81 bits per heavy atom. The number of aromatic nitrogens is 5. The molecule has 37 heavy (non-hydrogen) atoms. The van der Waals surface area contributed by atoms with Gasteiger partial charge in [-0.1, -0.05) is 24.3 Å². The van der Waals surface area contributed by atoms with Crippen molar-refractivity contribution in [1.29, 1.82) is 0 Å². The van der Waals surface area contributed by atoms with Crippen LogP contribution in [0.5, 0.6) is 5.75 Å². The molecule has 0 spiro atoms. The van der Waals surface area contributed by atoms with Gasteiger partial charge in [-0.05, 0) is 54.3 Å². The number of fused-ring (bicyclic) bond motifs is 1. The molecule has 2 aromatic carbocycles. The van der Waals surface area contributed by atoms with Crippen molar-refractivity contribution < 1.29 is 17.9 Å². The summed E-state index contributed by atoms with van der Waals surface area (Å²) in [7, 11) is 0. The summed E-state index contributed by atoms with van der Waals surface area (Å²) in [6.45, 7) is -1.30. The van der Waals surface area contributed by atoms with Gasteiger partial charge in [0.2, 0.25) is 0 Å². The second kappa shape index (κ2) is 9.68. The molecule has 1 fully saturated rings. The van der Waals surface area contributed by atoms with Gasteiger partial charge in [0.15, 0.2) is 5.82 Å². The Labute approximate surface area is 211 Å². The molecule has 1 aliphatic carbocycles. The maximum atomic E-state index is 13.4. The lowest BCUT2D eigenvalue weighted by molar-refractivity contribution is -0.0498. The number of hydrogen-bond donors (Lipinski definition) is 1. The van der Waals surface area contributed by atoms with Gasteiger partial charge in [-0.2, -0.15) is 13.9 Å². The standard InChI is InChI=1S/C27H23F3N6O/c28-20-6-4-16(5-7-20)19-13-22-23(14-19)31-15-32-26(22)36-10-8-17(9-11-36)24-33-25(35-34-24)18-2-1-3-21(12-18)37-27(29)30/h1-7,12-13,15,17,27H,8-11,14H2,(H,33,34,35). The van der Waals surface area contributed by atoms with E-state index < -0.39 is 6.61 Å². The van der Waals surface area contributed by atoms with E-state index in [4.69, 9.17) is 0 Å². The first-order valence-corrected chi connectivity index (χ1v) is 12.1. The van der Waals surface area contributed by atoms with Crippen LogP contribution >= 0.6 is 0 Å². The highest BCUT2D eigenvalue weighted by Gasteiger charge is 2.28. The number of allylic oxidation sites excluding steroid dienone is 1. The number of H-pyrrole nitrogens is 1. The second-order valence-electron chi connectivity index (χ2n) is 9.12. The first kappa shape index (κ1) is 23.2. The van der Waals surface area contributed by atoms with Crippen molar-refractivity contribution in [1.82, 2.24) is 25.1 Å². The Morgan fingerprint density at radius 3 is 2.59 bits per heavy atom. The van der Waals surface area contributed by atoms with Crippen molar-refractivity contribution in [3.8, 4) is 17.1 Å². The molecule has 10 heteroatoms. The number of nitrogens with zero attached hydrogens (tertiary/aromatic N) is 5. The Morgan fingerprint density at radius 1 is 1.00 bits per heavy atom. The number of aromatic amines is 1. The van der Waals surface area contributed by atoms with Gasteiger partial charge in [0.05, 0.1) is 5.69 Å². The lowest BCUT2D eigenvalue weighted by Crippen LogP contribution is -2.34. The molecule has 1 saturated heterocycles. The van der Waals surface area contributed by atoms with E-state index >= 15 is 0 Å². The predicted octanol–water partition coefficient (Wildman–Crippen LogP) is 5.48. The maximum Gasteiger partial charge on any atom is 0.387 e. The predicted molar refractivity (Wildman–Crippen MR) is 133 cm³/mol. The highest BCUT2D eigenvalue weighted by Crippen LogP contribution is 2.37. The average Bonchev–Trinajstić information content (AvgIpc) is 3.57. The van der Waals surface area contributed by atoms with Crippen molar-refractivity contribution in [3.63, 3.8) is 0 Å². The van der Waals surface area contributed by atoms with Gasteiger partial charge in [-0.15, -0.1) is 0 Å². The van der Waals surface area contributed by atoms with Crippen molar-refractivity contribution in [3.05, 3.63) is 83.3 Å². The Bertz CT molecular complexity index is 1440. The van der Waals surface area contributed by atoms with Crippen LogP contribution in [0.3, 0.4) is 0 Å². The van der Waals surface area contributed by atoms with E-state index in [0.29, 0.717) is 17.8 Å². The quantitative estimate of drug-likeness (QED) is 0.375. The fourth-order valence-electron chi connectivity index (χ4n) is 4.98. The zero-order chi connectivity index (χ0) is 25.4. The largest absolute Gasteiger partial charge is 0.435 e. The smallest absolute Gasteiger partial charge is 0.387 e. The highest BCUT2D eigenvalue weighted by atomic mass is 19.3. The molecule has 3 heterocycles. The molecule has 1 N–H and O–H groups in total. The molecule has 1 aliphatic heterocycles. The minimum Gasteiger partial charge on any atom is -0.435 e. The van der Waals surface area contributed by atoms with Gasteiger partial charge in [0, 0.05) is 36.6 Å². The fraction of sp³-hybridized carbons (Fsp3) is 0.259. The molecule has 0 radical (unpaired) electrons. The molecular formula is C27H23F3N6O. The maximum absolute atomic E-state index is 13.4. The average molecular weight is 505 g/mol. The molecule has 7 nitrogen and oxygen atoms in total. The molecule has 0 bridgehead atoms. The van der Waals surface area contributed by atoms with Crippen LogP contribution in [0.15, 0.2) is 54.9 Å². The molecule has 6 rings (SSSR count). The van der Waals surface area contributed by atoms with Gasteiger partial charge < -0.3 is 9.64 Å². The van der Waals surface area contributed by atoms with Gasteiger partial charge in [-0.3, -0.25) is 5.10 Å². The molecule has 0 saturated carbocycles. The normalized spacial score (nSPS) is 15.7. The van der Waals surface area contributed by atoms with E-state index in [9.17, 15) is 13.2 Å². The third-order valence-electron chi connectivity index (χ3n) is 6.84. The molecular weight excluding hydrogens is 481 g/mol. The lowest BCUT2D eigenvalue weighted by Gasteiger charge is -2.32. The Kier molecular flexibility index (Phi) is 6.07. The molecule has 4 aromatic rings. The van der Waals surface area contributed by atoms with Crippen LogP contribution in [0.25, 0.3) is 23.0 Å². The summed E-state index contributed by atoms with van der Waals surface area (Å²) < 4.78 is 42.9. The summed E-state index contributed by atoms with van der Waals surface area (Å²) in [5.74, 6) is 2.15. The zero-order valence-electron chi connectivity index (χ0n) is 19.7. The number of ether oxygens (including phenoxy) is 1. The first-order chi connectivity index (χ1) is 18.0. The summed E-state index contributed by atoms with van der Waals surface area (Å²) in [6.07, 6.45) is 6.12. The summed E-state index contributed by atoms with van der Waals surface area (Å²) in [4.78, 5) is 16.0. The molecule has 2 aromatic heterocycles. The van der Waals surface area contributed by atoms with Crippen molar-refractivity contribution in [2.75, 3.05) is 18.0 Å². The summed E-state index contributed by atoms with van der Waals surface area (Å²) in [6, 6.07) is 12.9. The number of nitrogens with one attached hydrogen (secondary N) is 1. The third kappa shape index (κ3) is 4.78. The van der Waals surface area contributed by atoms with Crippen molar-refractivity contribution in [2.45, 2.75) is 31.8 Å². The third-order valence-corrected chi connectivity index (χ3v) is 6.84. The zero-order valence-corrected chi connectivity index (χ0v) is 19.7. The van der Waals surface area contributed by atoms with Gasteiger partial charge >= 0.3 is 6.61 Å². The van der Waals surface area contributed by atoms with E-state index in [-0.39, 0.29) is 17.5 Å². The van der Waals surface area contributed by atoms with Gasteiger partial charge in [0.1, 0.15) is 29.5 Å². The van der Waals surface area contributed by atoms with E-state index in [2.05, 4.69) is 40.9 Å². The van der Waals surface area contributed by atoms with Crippen LogP contribution < -0.4 is 9.64 Å². The van der Waals surface area contributed by atoms with Crippen LogP contribution in [0, 0.1) is 5.82 Å². The highest BCUT2D eigenvalue weighted by molar-refractivity contribution is 5.91. The van der Waals surface area contributed by atoms with Gasteiger partial charge in [-0.25, -0.2) is 19.3 Å². The number of piperidine rings is 1. The SMILES string of the molecule is Fc1ccc(C2=Cc3c(ncnc3N3CCC(c4nc(-c5cccc(OC(F)F)c5)n[nH]4)CC3)C2)cc1. The van der Waals surface area contributed by atoms with Crippen LogP contribution in [0.1, 0.15) is 41.4 Å². The Hall–Kier alpha value is -4.21. The molecule has 0 unspecified atom stereocenters. The number of halogens is 3. The van der Waals surface area contributed by atoms with Crippen LogP contribution in [0.2, 0.25) is 0 Å². The number of alkyl halides is 2. The van der Waals surface area contributed by atoms with Crippen LogP contribution in [-0.2, 0) is 6.42 Å². The van der Waals surface area contributed by atoms with Crippen LogP contribution in [0.4, 0.5) is 19.0 Å². The van der Waals surface area contributed by atoms with Crippen molar-refractivity contribution >= 4 is 17.5 Å². The molecule has 2 aliphatic rings. The molecule has 0 amide bonds. The minimum atomic E-state index is -2.88. The summed E-state index contributed by atoms with van der Waals surface area (Å²) in [5, 5.41) is 7.33. The minimum absolute atomic E-state index is 0.0705. The van der Waals surface area contributed by atoms with Gasteiger partial charge in [0.25, 0.3) is 0 Å². The van der Waals surface area contributed by atoms with E-state index in [1.807, 2.05) is 0 Å². The number of anilines is 1. The lowest BCUT2D eigenvalue weighted by atomic mass is 9.96. The fourth-order valence-corrected chi connectivity index (χ4v) is 4.98. The summed E-state index contributed by atoms with van der Waals surface area (Å²) >= 11 is 0. The summed E-state index contributed by atoms with van der Waals surface area (Å²) in [5.41, 5.74) is 4.69. The van der Waals surface area contributed by atoms with E-state index in [0.717, 1.165) is 60.0 Å². The first-order valence-electron chi connectivity index (χ1n) is 12.1. The molecule has 188 valence electrons.